The summed E-state index contributed by atoms with van der Waals surface area (Å²) in [5, 5.41) is 11.8. The fourth-order valence-electron chi connectivity index (χ4n) is 2.48. The van der Waals surface area contributed by atoms with E-state index in [9.17, 15) is 9.59 Å². The number of carboxylic acids is 1. The zero-order chi connectivity index (χ0) is 16.7. The molecule has 2 N–H and O–H groups in total. The Morgan fingerprint density at radius 2 is 1.70 bits per heavy atom. The van der Waals surface area contributed by atoms with Crippen molar-refractivity contribution in [1.82, 2.24) is 5.32 Å². The van der Waals surface area contributed by atoms with E-state index in [4.69, 9.17) is 5.11 Å². The van der Waals surface area contributed by atoms with E-state index in [0.717, 1.165) is 12.0 Å². The van der Waals surface area contributed by atoms with Gasteiger partial charge in [-0.2, -0.15) is 0 Å². The summed E-state index contributed by atoms with van der Waals surface area (Å²) in [6.45, 7) is 2.49. The molecule has 0 radical (unpaired) electrons. The van der Waals surface area contributed by atoms with Crippen molar-refractivity contribution in [2.45, 2.75) is 32.2 Å². The molecule has 0 aliphatic heterocycles. The number of carbonyl (C=O) groups is 2. The molecule has 2 aromatic rings. The van der Waals surface area contributed by atoms with Gasteiger partial charge in [0.1, 0.15) is 0 Å². The molecular weight excluding hydrogens is 290 g/mol. The van der Waals surface area contributed by atoms with Crippen molar-refractivity contribution in [3.8, 4) is 0 Å². The van der Waals surface area contributed by atoms with E-state index in [1.165, 1.54) is 5.56 Å². The van der Waals surface area contributed by atoms with Gasteiger partial charge in [-0.05, 0) is 35.6 Å². The maximum absolute atomic E-state index is 12.1. The van der Waals surface area contributed by atoms with Gasteiger partial charge in [0.05, 0.1) is 5.56 Å². The van der Waals surface area contributed by atoms with Gasteiger partial charge in [-0.3, -0.25) is 4.79 Å². The highest BCUT2D eigenvalue weighted by atomic mass is 16.4. The van der Waals surface area contributed by atoms with Crippen molar-refractivity contribution in [3.05, 3.63) is 71.3 Å². The largest absolute Gasteiger partial charge is 0.478 e. The van der Waals surface area contributed by atoms with Gasteiger partial charge in [0.15, 0.2) is 0 Å². The van der Waals surface area contributed by atoms with E-state index in [0.29, 0.717) is 13.0 Å². The third-order valence-corrected chi connectivity index (χ3v) is 3.89. The highest BCUT2D eigenvalue weighted by Crippen LogP contribution is 2.22. The van der Waals surface area contributed by atoms with Crippen LogP contribution in [0.15, 0.2) is 54.6 Å². The Hall–Kier alpha value is -2.62. The molecule has 120 valence electrons. The first kappa shape index (κ1) is 16.7. The minimum atomic E-state index is -0.950. The molecule has 1 amide bonds. The number of carboxylic acid groups (broad SMARTS) is 1. The van der Waals surface area contributed by atoms with Crippen LogP contribution in [-0.4, -0.2) is 17.0 Å². The molecule has 0 fully saturated rings. The molecule has 0 bridgehead atoms. The summed E-state index contributed by atoms with van der Waals surface area (Å²) in [4.78, 5) is 22.9. The lowest BCUT2D eigenvalue weighted by Crippen LogP contribution is -2.24. The molecule has 0 saturated heterocycles. The highest BCUT2D eigenvalue weighted by Gasteiger charge is 2.13. The van der Waals surface area contributed by atoms with Gasteiger partial charge >= 0.3 is 5.97 Å². The van der Waals surface area contributed by atoms with Gasteiger partial charge in [0, 0.05) is 13.0 Å². The quantitative estimate of drug-likeness (QED) is 0.821. The molecule has 2 rings (SSSR count). The van der Waals surface area contributed by atoms with E-state index in [-0.39, 0.29) is 17.4 Å². The average molecular weight is 311 g/mol. The Balaban J connectivity index is 1.88. The van der Waals surface area contributed by atoms with Crippen molar-refractivity contribution in [3.63, 3.8) is 0 Å². The Morgan fingerprint density at radius 3 is 2.26 bits per heavy atom. The van der Waals surface area contributed by atoms with Crippen LogP contribution in [0.25, 0.3) is 0 Å². The number of hydrogen-bond acceptors (Lipinski definition) is 2. The molecule has 23 heavy (non-hydrogen) atoms. The Morgan fingerprint density at radius 1 is 1.04 bits per heavy atom. The lowest BCUT2D eigenvalue weighted by atomic mass is 9.93. The van der Waals surface area contributed by atoms with Gasteiger partial charge in [-0.25, -0.2) is 4.79 Å². The number of amides is 1. The van der Waals surface area contributed by atoms with E-state index < -0.39 is 5.97 Å². The summed E-state index contributed by atoms with van der Waals surface area (Å²) in [5.41, 5.74) is 2.31. The van der Waals surface area contributed by atoms with Crippen molar-refractivity contribution >= 4 is 11.9 Å². The molecular formula is C19H21NO3. The zero-order valence-corrected chi connectivity index (χ0v) is 13.2. The van der Waals surface area contributed by atoms with Crippen LogP contribution in [-0.2, 0) is 11.3 Å². The minimum Gasteiger partial charge on any atom is -0.478 e. The standard InChI is InChI=1S/C19H21NO3/c1-2-15(16-6-4-3-5-7-16)12-18(21)20-13-14-8-10-17(11-9-14)19(22)23/h3-11,15H,2,12-13H2,1H3,(H,20,21)(H,22,23). The molecule has 1 atom stereocenters. The average Bonchev–Trinajstić information content (AvgIpc) is 2.59. The summed E-state index contributed by atoms with van der Waals surface area (Å²) in [5.74, 6) is -0.733. The summed E-state index contributed by atoms with van der Waals surface area (Å²) in [6.07, 6.45) is 1.36. The van der Waals surface area contributed by atoms with Crippen molar-refractivity contribution < 1.29 is 14.7 Å². The topological polar surface area (TPSA) is 66.4 Å². The third-order valence-electron chi connectivity index (χ3n) is 3.89. The van der Waals surface area contributed by atoms with Crippen LogP contribution in [0.4, 0.5) is 0 Å². The van der Waals surface area contributed by atoms with Crippen LogP contribution in [0, 0.1) is 0 Å². The minimum absolute atomic E-state index is 0.00279. The Bertz CT molecular complexity index is 650. The molecule has 0 aliphatic carbocycles. The van der Waals surface area contributed by atoms with Gasteiger partial charge in [-0.15, -0.1) is 0 Å². The molecule has 4 heteroatoms. The first-order valence-electron chi connectivity index (χ1n) is 7.74. The number of benzene rings is 2. The van der Waals surface area contributed by atoms with Crippen LogP contribution in [0.2, 0.25) is 0 Å². The monoisotopic (exact) mass is 311 g/mol. The lowest BCUT2D eigenvalue weighted by molar-refractivity contribution is -0.121. The van der Waals surface area contributed by atoms with Crippen LogP contribution < -0.4 is 5.32 Å². The zero-order valence-electron chi connectivity index (χ0n) is 13.2. The summed E-state index contributed by atoms with van der Waals surface area (Å²) in [7, 11) is 0. The smallest absolute Gasteiger partial charge is 0.335 e. The van der Waals surface area contributed by atoms with Gasteiger partial charge in [0.25, 0.3) is 0 Å². The van der Waals surface area contributed by atoms with Crippen LogP contribution in [0.5, 0.6) is 0 Å². The first-order valence-corrected chi connectivity index (χ1v) is 7.74. The molecule has 1 unspecified atom stereocenters. The second-order valence-corrected chi connectivity index (χ2v) is 5.50. The van der Waals surface area contributed by atoms with E-state index in [1.807, 2.05) is 30.3 Å². The number of aromatic carboxylic acids is 1. The molecule has 0 saturated carbocycles. The summed E-state index contributed by atoms with van der Waals surface area (Å²) < 4.78 is 0. The molecule has 2 aromatic carbocycles. The van der Waals surface area contributed by atoms with Crippen LogP contribution in [0.3, 0.4) is 0 Å². The first-order chi connectivity index (χ1) is 11.1. The fraction of sp³-hybridized carbons (Fsp3) is 0.263. The number of carbonyl (C=O) groups excluding carboxylic acids is 1. The molecule has 0 heterocycles. The third kappa shape index (κ3) is 4.95. The Kier molecular flexibility index (Phi) is 5.92. The summed E-state index contributed by atoms with van der Waals surface area (Å²) >= 11 is 0. The summed E-state index contributed by atoms with van der Waals surface area (Å²) in [6, 6.07) is 16.6. The molecule has 0 aromatic heterocycles. The normalized spacial score (nSPS) is 11.7. The molecule has 0 spiro atoms. The number of hydrogen-bond donors (Lipinski definition) is 2. The second kappa shape index (κ2) is 8.13. The fourth-order valence-corrected chi connectivity index (χ4v) is 2.48. The van der Waals surface area contributed by atoms with Crippen LogP contribution in [0.1, 0.15) is 47.2 Å². The highest BCUT2D eigenvalue weighted by molar-refractivity contribution is 5.87. The Labute approximate surface area is 136 Å². The lowest BCUT2D eigenvalue weighted by Gasteiger charge is -2.15. The maximum Gasteiger partial charge on any atom is 0.335 e. The van der Waals surface area contributed by atoms with Gasteiger partial charge in [-0.1, -0.05) is 49.4 Å². The maximum atomic E-state index is 12.1. The van der Waals surface area contributed by atoms with Crippen molar-refractivity contribution in [2.24, 2.45) is 0 Å². The van der Waals surface area contributed by atoms with Gasteiger partial charge in [0.2, 0.25) is 5.91 Å². The predicted molar refractivity (Wildman–Crippen MR) is 89.3 cm³/mol. The van der Waals surface area contributed by atoms with E-state index >= 15 is 0 Å². The number of rotatable bonds is 7. The van der Waals surface area contributed by atoms with Crippen molar-refractivity contribution in [2.75, 3.05) is 0 Å². The van der Waals surface area contributed by atoms with Gasteiger partial charge < -0.3 is 10.4 Å². The molecule has 0 aliphatic rings. The predicted octanol–water partition coefficient (Wildman–Crippen LogP) is 3.58. The van der Waals surface area contributed by atoms with E-state index in [1.54, 1.807) is 24.3 Å². The second-order valence-electron chi connectivity index (χ2n) is 5.50. The SMILES string of the molecule is CCC(CC(=O)NCc1ccc(C(=O)O)cc1)c1ccccc1. The number of nitrogens with one attached hydrogen (secondary N) is 1. The molecule has 4 nitrogen and oxygen atoms in total. The van der Waals surface area contributed by atoms with Crippen molar-refractivity contribution in [1.29, 1.82) is 0 Å². The van der Waals surface area contributed by atoms with E-state index in [2.05, 4.69) is 12.2 Å². The van der Waals surface area contributed by atoms with Crippen LogP contribution >= 0.6 is 0 Å².